The highest BCUT2D eigenvalue weighted by Gasteiger charge is 2.15. The Bertz CT molecular complexity index is 124. The van der Waals surface area contributed by atoms with Crippen LogP contribution >= 0.6 is 0 Å². The smallest absolute Gasteiger partial charge is 0.0986 e. The van der Waals surface area contributed by atoms with Crippen LogP contribution in [0.3, 0.4) is 0 Å². The quantitative estimate of drug-likeness (QED) is 0.588. The van der Waals surface area contributed by atoms with Gasteiger partial charge in [-0.1, -0.05) is 6.92 Å². The van der Waals surface area contributed by atoms with Crippen molar-refractivity contribution in [2.45, 2.75) is 32.3 Å². The van der Waals surface area contributed by atoms with Gasteiger partial charge in [-0.25, -0.2) is 0 Å². The van der Waals surface area contributed by atoms with Crippen molar-refractivity contribution in [1.82, 2.24) is 4.90 Å². The van der Waals surface area contributed by atoms with Gasteiger partial charge in [0, 0.05) is 20.3 Å². The molecule has 78 valence electrons. The maximum Gasteiger partial charge on any atom is 0.0986 e. The van der Waals surface area contributed by atoms with Crippen LogP contribution in [0.25, 0.3) is 0 Å². The van der Waals surface area contributed by atoms with E-state index in [1.807, 2.05) is 0 Å². The normalized spacial score (nSPS) is 22.8. The van der Waals surface area contributed by atoms with Gasteiger partial charge < -0.3 is 9.47 Å². The number of ether oxygens (including phenoxy) is 2. The number of nitrogens with zero attached hydrogens (tertiary/aromatic N) is 1. The molecule has 0 amide bonds. The van der Waals surface area contributed by atoms with Crippen molar-refractivity contribution < 1.29 is 9.47 Å². The summed E-state index contributed by atoms with van der Waals surface area (Å²) in [4.78, 5) is 2.29. The van der Waals surface area contributed by atoms with Crippen LogP contribution < -0.4 is 0 Å². The third-order valence-corrected chi connectivity index (χ3v) is 2.55. The van der Waals surface area contributed by atoms with Crippen molar-refractivity contribution in [3.05, 3.63) is 0 Å². The van der Waals surface area contributed by atoms with Crippen molar-refractivity contribution >= 4 is 0 Å². The molecular weight excluding hydrogens is 166 g/mol. The summed E-state index contributed by atoms with van der Waals surface area (Å²) in [5.41, 5.74) is 0. The number of methoxy groups -OCH3 is 1. The second-order valence-electron chi connectivity index (χ2n) is 3.55. The Kier molecular flexibility index (Phi) is 5.35. The van der Waals surface area contributed by atoms with E-state index in [2.05, 4.69) is 11.8 Å². The zero-order chi connectivity index (χ0) is 9.52. The molecule has 0 N–H and O–H groups in total. The summed E-state index contributed by atoms with van der Waals surface area (Å²) in [7, 11) is 1.74. The molecule has 13 heavy (non-hydrogen) atoms. The highest BCUT2D eigenvalue weighted by molar-refractivity contribution is 4.66. The molecule has 0 aromatic rings. The van der Waals surface area contributed by atoms with Crippen molar-refractivity contribution in [3.63, 3.8) is 0 Å². The number of hydrogen-bond acceptors (Lipinski definition) is 3. The molecule has 0 aliphatic carbocycles. The topological polar surface area (TPSA) is 21.7 Å². The van der Waals surface area contributed by atoms with Crippen LogP contribution in [0.2, 0.25) is 0 Å². The molecule has 0 radical (unpaired) electrons. The fourth-order valence-electron chi connectivity index (χ4n) is 1.70. The molecule has 0 aromatic heterocycles. The minimum atomic E-state index is 0.505. The summed E-state index contributed by atoms with van der Waals surface area (Å²) in [5, 5.41) is 0. The fourth-order valence-corrected chi connectivity index (χ4v) is 1.70. The molecule has 0 saturated carbocycles. The summed E-state index contributed by atoms with van der Waals surface area (Å²) in [6, 6.07) is 0. The molecule has 1 atom stereocenters. The Balaban J connectivity index is 2.07. The number of rotatable bonds is 6. The van der Waals surface area contributed by atoms with Crippen LogP contribution in [0.15, 0.2) is 0 Å². The molecule has 0 bridgehead atoms. The molecular formula is C10H21NO2. The second-order valence-corrected chi connectivity index (χ2v) is 3.55. The van der Waals surface area contributed by atoms with Gasteiger partial charge in [0.15, 0.2) is 0 Å². The molecule has 0 spiro atoms. The maximum absolute atomic E-state index is 5.56. The van der Waals surface area contributed by atoms with Crippen LogP contribution in [0.4, 0.5) is 0 Å². The monoisotopic (exact) mass is 187 g/mol. The van der Waals surface area contributed by atoms with E-state index in [9.17, 15) is 0 Å². The van der Waals surface area contributed by atoms with E-state index in [1.165, 1.54) is 12.8 Å². The van der Waals surface area contributed by atoms with Gasteiger partial charge in [-0.05, 0) is 25.8 Å². The van der Waals surface area contributed by atoms with Gasteiger partial charge in [-0.15, -0.1) is 0 Å². The molecule has 1 rings (SSSR count). The highest BCUT2D eigenvalue weighted by atomic mass is 16.5. The van der Waals surface area contributed by atoms with E-state index in [-0.39, 0.29) is 0 Å². The Labute approximate surface area is 81.0 Å². The summed E-state index contributed by atoms with van der Waals surface area (Å²) in [5.74, 6) is 0. The lowest BCUT2D eigenvalue weighted by Gasteiger charge is -2.20. The van der Waals surface area contributed by atoms with Gasteiger partial charge >= 0.3 is 0 Å². The first-order chi connectivity index (χ1) is 6.36. The largest absolute Gasteiger partial charge is 0.378 e. The van der Waals surface area contributed by atoms with E-state index >= 15 is 0 Å². The first kappa shape index (κ1) is 11.0. The molecule has 1 fully saturated rings. The lowest BCUT2D eigenvalue weighted by molar-refractivity contribution is 0.0455. The van der Waals surface area contributed by atoms with Gasteiger partial charge in [0.1, 0.15) is 0 Å². The summed E-state index contributed by atoms with van der Waals surface area (Å²) < 4.78 is 10.7. The van der Waals surface area contributed by atoms with Crippen LogP contribution in [-0.2, 0) is 9.47 Å². The fraction of sp³-hybridized carbons (Fsp3) is 1.00. The van der Waals surface area contributed by atoms with Crippen molar-refractivity contribution in [2.24, 2.45) is 0 Å². The highest BCUT2D eigenvalue weighted by Crippen LogP contribution is 2.15. The van der Waals surface area contributed by atoms with E-state index in [0.29, 0.717) is 6.10 Å². The SMILES string of the molecule is CCN(CCC1CCCO1)COC. The van der Waals surface area contributed by atoms with Crippen LogP contribution in [-0.4, -0.2) is 44.5 Å². The minimum Gasteiger partial charge on any atom is -0.378 e. The first-order valence-corrected chi connectivity index (χ1v) is 5.19. The molecule has 1 unspecified atom stereocenters. The molecule has 3 nitrogen and oxygen atoms in total. The zero-order valence-corrected chi connectivity index (χ0v) is 8.79. The van der Waals surface area contributed by atoms with Crippen LogP contribution in [0.5, 0.6) is 0 Å². The Hall–Kier alpha value is -0.120. The Morgan fingerprint density at radius 1 is 1.54 bits per heavy atom. The van der Waals surface area contributed by atoms with E-state index < -0.39 is 0 Å². The molecule has 1 heterocycles. The average molecular weight is 187 g/mol. The Morgan fingerprint density at radius 2 is 2.38 bits per heavy atom. The second kappa shape index (κ2) is 6.35. The maximum atomic E-state index is 5.56. The molecule has 1 saturated heterocycles. The van der Waals surface area contributed by atoms with Gasteiger partial charge in [0.05, 0.1) is 12.8 Å². The molecule has 0 aromatic carbocycles. The van der Waals surface area contributed by atoms with Crippen molar-refractivity contribution in [3.8, 4) is 0 Å². The predicted octanol–water partition coefficient (Wildman–Crippen LogP) is 1.48. The van der Waals surface area contributed by atoms with Gasteiger partial charge in [-0.3, -0.25) is 4.90 Å². The van der Waals surface area contributed by atoms with Crippen molar-refractivity contribution in [2.75, 3.05) is 33.5 Å². The summed E-state index contributed by atoms with van der Waals surface area (Å²) in [6.07, 6.45) is 4.13. The number of hydrogen-bond donors (Lipinski definition) is 0. The molecule has 1 aliphatic rings. The predicted molar refractivity (Wildman–Crippen MR) is 52.7 cm³/mol. The zero-order valence-electron chi connectivity index (χ0n) is 8.79. The van der Waals surface area contributed by atoms with Crippen LogP contribution in [0, 0.1) is 0 Å². The van der Waals surface area contributed by atoms with Crippen molar-refractivity contribution in [1.29, 1.82) is 0 Å². The molecule has 1 aliphatic heterocycles. The lowest BCUT2D eigenvalue weighted by atomic mass is 10.2. The third kappa shape index (κ3) is 4.07. The standard InChI is InChI=1S/C10H21NO2/c1-3-11(9-12-2)7-6-10-5-4-8-13-10/h10H,3-9H2,1-2H3. The first-order valence-electron chi connectivity index (χ1n) is 5.19. The summed E-state index contributed by atoms with van der Waals surface area (Å²) >= 11 is 0. The average Bonchev–Trinajstić information content (AvgIpc) is 2.64. The molecule has 3 heteroatoms. The van der Waals surface area contributed by atoms with E-state index in [0.717, 1.165) is 32.8 Å². The van der Waals surface area contributed by atoms with E-state index in [4.69, 9.17) is 9.47 Å². The lowest BCUT2D eigenvalue weighted by Crippen LogP contribution is -2.28. The van der Waals surface area contributed by atoms with Gasteiger partial charge in [-0.2, -0.15) is 0 Å². The van der Waals surface area contributed by atoms with Gasteiger partial charge in [0.25, 0.3) is 0 Å². The summed E-state index contributed by atoms with van der Waals surface area (Å²) in [6.45, 7) is 6.01. The third-order valence-electron chi connectivity index (χ3n) is 2.55. The van der Waals surface area contributed by atoms with Gasteiger partial charge in [0.2, 0.25) is 0 Å². The van der Waals surface area contributed by atoms with Crippen LogP contribution in [0.1, 0.15) is 26.2 Å². The Morgan fingerprint density at radius 3 is 2.92 bits per heavy atom. The van der Waals surface area contributed by atoms with E-state index in [1.54, 1.807) is 7.11 Å². The minimum absolute atomic E-state index is 0.505.